The van der Waals surface area contributed by atoms with E-state index in [1.54, 1.807) is 11.8 Å². The number of hydrogen-bond acceptors (Lipinski definition) is 3. The molecule has 78 valence electrons. The molecule has 0 amide bonds. The Hall–Kier alpha value is -1.42. The lowest BCUT2D eigenvalue weighted by Crippen LogP contribution is -1.96. The zero-order valence-electron chi connectivity index (χ0n) is 8.47. The lowest BCUT2D eigenvalue weighted by atomic mass is 10.1. The summed E-state index contributed by atoms with van der Waals surface area (Å²) in [5.74, 6) is 0.542. The number of aromatic nitrogens is 2. The Morgan fingerprint density at radius 1 is 1.33 bits per heavy atom. The molecule has 0 spiro atoms. The fraction of sp³-hybridized carbons (Fsp3) is 0.182. The number of benzene rings is 1. The van der Waals surface area contributed by atoms with Crippen LogP contribution in [-0.2, 0) is 0 Å². The molecular weight excluding hydrogens is 206 g/mol. The molecule has 1 atom stereocenters. The summed E-state index contributed by atoms with van der Waals surface area (Å²) in [4.78, 5) is 0. The van der Waals surface area contributed by atoms with Gasteiger partial charge >= 0.3 is 0 Å². The van der Waals surface area contributed by atoms with Crippen LogP contribution in [0.3, 0.4) is 0 Å². The molecule has 2 aromatic rings. The van der Waals surface area contributed by atoms with Crippen LogP contribution in [0.1, 0.15) is 16.5 Å². The minimum Gasteiger partial charge on any atom is -0.382 e. The third-order valence-corrected chi connectivity index (χ3v) is 3.24. The van der Waals surface area contributed by atoms with Crippen molar-refractivity contribution in [3.8, 4) is 0 Å². The van der Waals surface area contributed by atoms with Crippen LogP contribution in [-0.4, -0.2) is 16.5 Å². The molecule has 0 saturated heterocycles. The van der Waals surface area contributed by atoms with E-state index in [9.17, 15) is 0 Å². The minimum atomic E-state index is 0.274. The molecule has 3 N–H and O–H groups in total. The van der Waals surface area contributed by atoms with E-state index in [1.165, 1.54) is 5.56 Å². The Morgan fingerprint density at radius 2 is 2.07 bits per heavy atom. The van der Waals surface area contributed by atoms with E-state index in [4.69, 9.17) is 5.73 Å². The number of hydrogen-bond donors (Lipinski definition) is 2. The quantitative estimate of drug-likeness (QED) is 0.833. The van der Waals surface area contributed by atoms with Gasteiger partial charge in [0.15, 0.2) is 0 Å². The van der Waals surface area contributed by atoms with E-state index < -0.39 is 0 Å². The summed E-state index contributed by atoms with van der Waals surface area (Å²) in [6, 6.07) is 12.2. The van der Waals surface area contributed by atoms with Crippen molar-refractivity contribution in [1.29, 1.82) is 0 Å². The highest BCUT2D eigenvalue weighted by atomic mass is 32.2. The van der Waals surface area contributed by atoms with Crippen molar-refractivity contribution < 1.29 is 0 Å². The Labute approximate surface area is 93.1 Å². The number of thioether (sulfide) groups is 1. The second kappa shape index (κ2) is 4.40. The number of nitrogens with two attached hydrogens (primary N) is 1. The van der Waals surface area contributed by atoms with Gasteiger partial charge in [-0.3, -0.25) is 5.10 Å². The Balaban J connectivity index is 2.33. The lowest BCUT2D eigenvalue weighted by molar-refractivity contribution is 0.987. The number of rotatable bonds is 3. The van der Waals surface area contributed by atoms with Crippen LogP contribution < -0.4 is 5.73 Å². The summed E-state index contributed by atoms with van der Waals surface area (Å²) in [5, 5.41) is 7.18. The summed E-state index contributed by atoms with van der Waals surface area (Å²) in [6.45, 7) is 0. The predicted molar refractivity (Wildman–Crippen MR) is 64.8 cm³/mol. The summed E-state index contributed by atoms with van der Waals surface area (Å²) < 4.78 is 0. The molecule has 0 aliphatic carbocycles. The first kappa shape index (κ1) is 10.1. The van der Waals surface area contributed by atoms with Gasteiger partial charge in [0.1, 0.15) is 5.82 Å². The second-order valence-corrected chi connectivity index (χ2v) is 4.22. The monoisotopic (exact) mass is 219 g/mol. The normalized spacial score (nSPS) is 12.6. The minimum absolute atomic E-state index is 0.274. The molecule has 0 bridgehead atoms. The van der Waals surface area contributed by atoms with E-state index in [0.29, 0.717) is 5.82 Å². The first-order valence-corrected chi connectivity index (χ1v) is 5.98. The summed E-state index contributed by atoms with van der Waals surface area (Å²) in [5.41, 5.74) is 7.90. The van der Waals surface area contributed by atoms with Gasteiger partial charge in [0, 0.05) is 6.07 Å². The highest BCUT2D eigenvalue weighted by molar-refractivity contribution is 7.99. The average Bonchev–Trinajstić information content (AvgIpc) is 2.68. The zero-order chi connectivity index (χ0) is 10.7. The standard InChI is InChI=1S/C11H13N3S/c1-15-11(8-5-3-2-4-6-8)9-7-10(12)14-13-9/h2-7,11H,1H3,(H3,12,13,14). The van der Waals surface area contributed by atoms with Crippen LogP contribution >= 0.6 is 11.8 Å². The maximum absolute atomic E-state index is 5.60. The largest absolute Gasteiger partial charge is 0.382 e. The van der Waals surface area contributed by atoms with Gasteiger partial charge in [0.25, 0.3) is 0 Å². The van der Waals surface area contributed by atoms with Gasteiger partial charge in [-0.1, -0.05) is 30.3 Å². The maximum atomic E-state index is 5.60. The van der Waals surface area contributed by atoms with E-state index >= 15 is 0 Å². The van der Waals surface area contributed by atoms with Gasteiger partial charge in [0.2, 0.25) is 0 Å². The second-order valence-electron chi connectivity index (χ2n) is 3.27. The van der Waals surface area contributed by atoms with Gasteiger partial charge in [-0.2, -0.15) is 16.9 Å². The molecule has 1 heterocycles. The molecule has 3 nitrogen and oxygen atoms in total. The number of anilines is 1. The zero-order valence-corrected chi connectivity index (χ0v) is 9.29. The van der Waals surface area contributed by atoms with Crippen LogP contribution in [0.15, 0.2) is 36.4 Å². The van der Waals surface area contributed by atoms with Crippen molar-refractivity contribution in [2.75, 3.05) is 12.0 Å². The third kappa shape index (κ3) is 2.15. The summed E-state index contributed by atoms with van der Waals surface area (Å²) in [6.07, 6.45) is 2.08. The van der Waals surface area contributed by atoms with Gasteiger partial charge in [-0.05, 0) is 11.8 Å². The van der Waals surface area contributed by atoms with Crippen LogP contribution in [0.2, 0.25) is 0 Å². The van der Waals surface area contributed by atoms with Crippen molar-refractivity contribution >= 4 is 17.6 Å². The molecule has 1 aromatic carbocycles. The topological polar surface area (TPSA) is 54.7 Å². The van der Waals surface area contributed by atoms with Crippen molar-refractivity contribution in [1.82, 2.24) is 10.2 Å². The molecule has 15 heavy (non-hydrogen) atoms. The smallest absolute Gasteiger partial charge is 0.145 e. The fourth-order valence-corrected chi connectivity index (χ4v) is 2.36. The Kier molecular flexibility index (Phi) is 2.97. The van der Waals surface area contributed by atoms with Crippen LogP contribution in [0, 0.1) is 0 Å². The molecule has 4 heteroatoms. The van der Waals surface area contributed by atoms with Crippen molar-refractivity contribution in [2.24, 2.45) is 0 Å². The van der Waals surface area contributed by atoms with E-state index in [2.05, 4.69) is 28.6 Å². The molecule has 0 fully saturated rings. The molecule has 0 aliphatic heterocycles. The average molecular weight is 219 g/mol. The number of nitrogens with zero attached hydrogens (tertiary/aromatic N) is 1. The molecule has 0 radical (unpaired) electrons. The molecule has 2 rings (SSSR count). The van der Waals surface area contributed by atoms with Gasteiger partial charge < -0.3 is 5.73 Å². The van der Waals surface area contributed by atoms with Crippen LogP contribution in [0.4, 0.5) is 5.82 Å². The number of nitrogens with one attached hydrogen (secondary N) is 1. The third-order valence-electron chi connectivity index (χ3n) is 2.24. The molecule has 0 aliphatic rings. The molecular formula is C11H13N3S. The van der Waals surface area contributed by atoms with Gasteiger partial charge in [-0.25, -0.2) is 0 Å². The Morgan fingerprint density at radius 3 is 2.60 bits per heavy atom. The number of H-pyrrole nitrogens is 1. The van der Waals surface area contributed by atoms with Gasteiger partial charge in [0.05, 0.1) is 10.9 Å². The summed E-state index contributed by atoms with van der Waals surface area (Å²) >= 11 is 1.76. The lowest BCUT2D eigenvalue weighted by Gasteiger charge is -2.12. The highest BCUT2D eigenvalue weighted by Gasteiger charge is 2.14. The van der Waals surface area contributed by atoms with Crippen LogP contribution in [0.5, 0.6) is 0 Å². The van der Waals surface area contributed by atoms with E-state index in [0.717, 1.165) is 5.69 Å². The molecule has 1 unspecified atom stereocenters. The van der Waals surface area contributed by atoms with E-state index in [1.807, 2.05) is 24.3 Å². The van der Waals surface area contributed by atoms with Crippen molar-refractivity contribution in [2.45, 2.75) is 5.25 Å². The Bertz CT molecular complexity index is 424. The number of nitrogen functional groups attached to an aromatic ring is 1. The molecule has 1 aromatic heterocycles. The van der Waals surface area contributed by atoms with Crippen LogP contribution in [0.25, 0.3) is 0 Å². The SMILES string of the molecule is CSC(c1ccccc1)c1cc(N)n[nH]1. The molecule has 0 saturated carbocycles. The first-order valence-electron chi connectivity index (χ1n) is 4.70. The summed E-state index contributed by atoms with van der Waals surface area (Å²) in [7, 11) is 0. The number of aromatic amines is 1. The van der Waals surface area contributed by atoms with E-state index in [-0.39, 0.29) is 5.25 Å². The highest BCUT2D eigenvalue weighted by Crippen LogP contribution is 2.32. The van der Waals surface area contributed by atoms with Crippen molar-refractivity contribution in [3.63, 3.8) is 0 Å². The first-order chi connectivity index (χ1) is 7.31. The predicted octanol–water partition coefficient (Wildman–Crippen LogP) is 2.44. The maximum Gasteiger partial charge on any atom is 0.145 e. The van der Waals surface area contributed by atoms with Gasteiger partial charge in [-0.15, -0.1) is 0 Å². The fourth-order valence-electron chi connectivity index (χ4n) is 1.56. The van der Waals surface area contributed by atoms with Crippen molar-refractivity contribution in [3.05, 3.63) is 47.7 Å².